The molecule has 1 amide bonds. The van der Waals surface area contributed by atoms with Crippen molar-refractivity contribution < 1.29 is 9.53 Å². The number of hydrogen-bond donors (Lipinski definition) is 1. The molecule has 0 heterocycles. The van der Waals surface area contributed by atoms with Crippen LogP contribution in [0.2, 0.25) is 10.0 Å². The molecule has 2 aromatic rings. The maximum absolute atomic E-state index is 11.9. The maximum Gasteiger partial charge on any atom is 0.262 e. The first-order valence-electron chi connectivity index (χ1n) is 6.09. The summed E-state index contributed by atoms with van der Waals surface area (Å²) in [7, 11) is 0. The van der Waals surface area contributed by atoms with Crippen molar-refractivity contribution in [3.05, 3.63) is 56.5 Å². The first kappa shape index (κ1) is 16.1. The monoisotopic (exact) mass is 387 g/mol. The summed E-state index contributed by atoms with van der Waals surface area (Å²) in [5.74, 6) is 0.338. The molecule has 0 atom stereocenters. The van der Waals surface area contributed by atoms with Crippen molar-refractivity contribution in [2.45, 2.75) is 6.92 Å². The highest BCUT2D eigenvalue weighted by Crippen LogP contribution is 2.26. The molecule has 110 valence electrons. The lowest BCUT2D eigenvalue weighted by molar-refractivity contribution is -0.118. The molecule has 21 heavy (non-hydrogen) atoms. The van der Waals surface area contributed by atoms with Gasteiger partial charge in [-0.1, -0.05) is 39.1 Å². The number of aryl methyl sites for hydroxylation is 1. The van der Waals surface area contributed by atoms with Gasteiger partial charge in [-0.2, -0.15) is 0 Å². The Morgan fingerprint density at radius 1 is 1.24 bits per heavy atom. The summed E-state index contributed by atoms with van der Waals surface area (Å²) in [6, 6.07) is 10.5. The van der Waals surface area contributed by atoms with Crippen molar-refractivity contribution in [1.29, 1.82) is 0 Å². The number of benzene rings is 2. The van der Waals surface area contributed by atoms with Crippen LogP contribution in [0.15, 0.2) is 40.9 Å². The zero-order valence-corrected chi connectivity index (χ0v) is 14.2. The van der Waals surface area contributed by atoms with Gasteiger partial charge in [0.2, 0.25) is 0 Å². The predicted octanol–water partition coefficient (Wildman–Crippen LogP) is 5.08. The van der Waals surface area contributed by atoms with E-state index in [1.165, 1.54) is 0 Å². The summed E-state index contributed by atoms with van der Waals surface area (Å²) in [5, 5.41) is 3.78. The molecular weight excluding hydrogens is 377 g/mol. The molecular formula is C15H12BrCl2NO2. The topological polar surface area (TPSA) is 38.3 Å². The quantitative estimate of drug-likeness (QED) is 0.792. The van der Waals surface area contributed by atoms with Crippen LogP contribution in [0, 0.1) is 6.92 Å². The van der Waals surface area contributed by atoms with Crippen LogP contribution >= 0.6 is 39.1 Å². The van der Waals surface area contributed by atoms with E-state index >= 15 is 0 Å². The average molecular weight is 389 g/mol. The summed E-state index contributed by atoms with van der Waals surface area (Å²) in [4.78, 5) is 11.9. The van der Waals surface area contributed by atoms with Gasteiger partial charge in [0.15, 0.2) is 6.61 Å². The number of nitrogens with one attached hydrogen (secondary N) is 1. The third-order valence-corrected chi connectivity index (χ3v) is 3.74. The van der Waals surface area contributed by atoms with E-state index in [1.807, 2.05) is 6.92 Å². The predicted molar refractivity (Wildman–Crippen MR) is 89.5 cm³/mol. The summed E-state index contributed by atoms with van der Waals surface area (Å²) in [6.07, 6.45) is 0. The fourth-order valence-corrected chi connectivity index (χ4v) is 2.64. The van der Waals surface area contributed by atoms with Gasteiger partial charge in [0.25, 0.3) is 5.91 Å². The summed E-state index contributed by atoms with van der Waals surface area (Å²) in [5.41, 5.74) is 1.42. The van der Waals surface area contributed by atoms with Crippen molar-refractivity contribution in [3.8, 4) is 5.75 Å². The maximum atomic E-state index is 11.9. The highest BCUT2D eigenvalue weighted by Gasteiger charge is 2.08. The first-order chi connectivity index (χ1) is 9.95. The van der Waals surface area contributed by atoms with Gasteiger partial charge in [0.1, 0.15) is 5.75 Å². The molecule has 0 aliphatic rings. The molecule has 0 fully saturated rings. The van der Waals surface area contributed by atoms with Crippen molar-refractivity contribution >= 4 is 50.7 Å². The SMILES string of the molecule is Cc1cc(Cl)ccc1OCC(=O)Nc1ccc(Br)cc1Cl. The minimum absolute atomic E-state index is 0.102. The second kappa shape index (κ2) is 7.16. The van der Waals surface area contributed by atoms with Gasteiger partial charge in [-0.15, -0.1) is 0 Å². The van der Waals surface area contributed by atoms with Crippen LogP contribution in [0.25, 0.3) is 0 Å². The molecule has 0 bridgehead atoms. The van der Waals surface area contributed by atoms with Gasteiger partial charge in [0, 0.05) is 9.50 Å². The Balaban J connectivity index is 1.96. The van der Waals surface area contributed by atoms with Gasteiger partial charge < -0.3 is 10.1 Å². The number of hydrogen-bond acceptors (Lipinski definition) is 2. The van der Waals surface area contributed by atoms with E-state index in [4.69, 9.17) is 27.9 Å². The third kappa shape index (κ3) is 4.63. The van der Waals surface area contributed by atoms with Gasteiger partial charge in [-0.25, -0.2) is 0 Å². The van der Waals surface area contributed by atoms with E-state index in [9.17, 15) is 4.79 Å². The molecule has 2 rings (SSSR count). The lowest BCUT2D eigenvalue weighted by Crippen LogP contribution is -2.20. The zero-order chi connectivity index (χ0) is 15.4. The van der Waals surface area contributed by atoms with Crippen LogP contribution in [0.3, 0.4) is 0 Å². The smallest absolute Gasteiger partial charge is 0.262 e. The normalized spacial score (nSPS) is 10.3. The lowest BCUT2D eigenvalue weighted by Gasteiger charge is -2.10. The molecule has 0 unspecified atom stereocenters. The Hall–Kier alpha value is -1.23. The molecule has 1 N–H and O–H groups in total. The van der Waals surface area contributed by atoms with Crippen molar-refractivity contribution in [2.75, 3.05) is 11.9 Å². The number of rotatable bonds is 4. The van der Waals surface area contributed by atoms with E-state index in [-0.39, 0.29) is 12.5 Å². The van der Waals surface area contributed by atoms with E-state index in [0.717, 1.165) is 10.0 Å². The number of ether oxygens (including phenoxy) is 1. The highest BCUT2D eigenvalue weighted by atomic mass is 79.9. The molecule has 0 saturated carbocycles. The summed E-state index contributed by atoms with van der Waals surface area (Å²) < 4.78 is 6.31. The van der Waals surface area contributed by atoms with Gasteiger partial charge in [0.05, 0.1) is 10.7 Å². The van der Waals surface area contributed by atoms with Crippen LogP contribution in [-0.2, 0) is 4.79 Å². The summed E-state index contributed by atoms with van der Waals surface area (Å²) in [6.45, 7) is 1.76. The number of carbonyl (C=O) groups excluding carboxylic acids is 1. The Morgan fingerprint density at radius 2 is 2.00 bits per heavy atom. The van der Waals surface area contributed by atoms with E-state index < -0.39 is 0 Å². The molecule has 0 aliphatic heterocycles. The number of amides is 1. The van der Waals surface area contributed by atoms with Gasteiger partial charge in [-0.3, -0.25) is 4.79 Å². The van der Waals surface area contributed by atoms with E-state index in [2.05, 4.69) is 21.2 Å². The number of carbonyl (C=O) groups is 1. The molecule has 0 radical (unpaired) electrons. The fourth-order valence-electron chi connectivity index (χ4n) is 1.70. The van der Waals surface area contributed by atoms with Crippen LogP contribution in [0.5, 0.6) is 5.75 Å². The molecule has 3 nitrogen and oxygen atoms in total. The van der Waals surface area contributed by atoms with Crippen LogP contribution in [0.1, 0.15) is 5.56 Å². The van der Waals surface area contributed by atoms with Gasteiger partial charge >= 0.3 is 0 Å². The number of halogens is 3. The highest BCUT2D eigenvalue weighted by molar-refractivity contribution is 9.10. The molecule has 0 saturated heterocycles. The molecule has 0 spiro atoms. The lowest BCUT2D eigenvalue weighted by atomic mass is 10.2. The standard InChI is InChI=1S/C15H12BrCl2NO2/c1-9-6-11(17)3-5-14(9)21-8-15(20)19-13-4-2-10(16)7-12(13)18/h2-7H,8H2,1H3,(H,19,20). The first-order valence-corrected chi connectivity index (χ1v) is 7.64. The fraction of sp³-hybridized carbons (Fsp3) is 0.133. The van der Waals surface area contributed by atoms with Crippen LogP contribution < -0.4 is 10.1 Å². The van der Waals surface area contributed by atoms with Crippen molar-refractivity contribution in [1.82, 2.24) is 0 Å². The van der Waals surface area contributed by atoms with E-state index in [0.29, 0.717) is 21.5 Å². The zero-order valence-electron chi connectivity index (χ0n) is 11.1. The average Bonchev–Trinajstić information content (AvgIpc) is 2.41. The van der Waals surface area contributed by atoms with Crippen molar-refractivity contribution in [3.63, 3.8) is 0 Å². The second-order valence-electron chi connectivity index (χ2n) is 4.37. The van der Waals surface area contributed by atoms with Crippen LogP contribution in [-0.4, -0.2) is 12.5 Å². The Bertz CT molecular complexity index is 677. The Labute approximate surface area is 141 Å². The third-order valence-electron chi connectivity index (χ3n) is 2.70. The molecule has 2 aromatic carbocycles. The number of anilines is 1. The summed E-state index contributed by atoms with van der Waals surface area (Å²) >= 11 is 15.2. The minimum Gasteiger partial charge on any atom is -0.483 e. The second-order valence-corrected chi connectivity index (χ2v) is 6.13. The van der Waals surface area contributed by atoms with Gasteiger partial charge in [-0.05, 0) is 48.9 Å². The largest absolute Gasteiger partial charge is 0.483 e. The Morgan fingerprint density at radius 3 is 2.67 bits per heavy atom. The molecule has 6 heteroatoms. The van der Waals surface area contributed by atoms with E-state index in [1.54, 1.807) is 36.4 Å². The van der Waals surface area contributed by atoms with Crippen molar-refractivity contribution in [2.24, 2.45) is 0 Å². The minimum atomic E-state index is -0.284. The molecule has 0 aliphatic carbocycles. The Kier molecular flexibility index (Phi) is 5.51. The van der Waals surface area contributed by atoms with Crippen LogP contribution in [0.4, 0.5) is 5.69 Å². The molecule has 0 aromatic heterocycles.